The molecule has 0 saturated heterocycles. The number of nitrogens with one attached hydrogen (secondary N) is 1. The average molecular weight is 556 g/mol. The number of hydrogen-bond acceptors (Lipinski definition) is 4. The van der Waals surface area contributed by atoms with E-state index >= 15 is 0 Å². The summed E-state index contributed by atoms with van der Waals surface area (Å²) >= 11 is 3.33. The molecule has 0 radical (unpaired) electrons. The summed E-state index contributed by atoms with van der Waals surface area (Å²) < 4.78 is 40.2. The Morgan fingerprint density at radius 3 is 2.26 bits per heavy atom. The Labute approximate surface area is 209 Å². The van der Waals surface area contributed by atoms with E-state index in [-0.39, 0.29) is 18.5 Å². The van der Waals surface area contributed by atoms with Crippen LogP contribution in [0.4, 0.5) is 10.1 Å². The maximum Gasteiger partial charge on any atom is 0.244 e. The second-order valence-electron chi connectivity index (χ2n) is 8.14. The summed E-state index contributed by atoms with van der Waals surface area (Å²) in [5.74, 6) is -1.28. The summed E-state index contributed by atoms with van der Waals surface area (Å²) in [5, 5.41) is 2.90. The Bertz CT molecular complexity index is 1100. The number of benzene rings is 2. The standard InChI is InChI=1S/C24H31BrFN3O4S/c1-5-17(3)27-24(31)22(6-2)28(15-18-10-12-20(26)13-11-18)23(30)16-29(34(4,32)33)21-9-7-8-19(25)14-21/h7-14,17,22H,5-6,15-16H2,1-4H3,(H,27,31)/t17-,22-/m1/s1. The van der Waals surface area contributed by atoms with Crippen LogP contribution >= 0.6 is 15.9 Å². The topological polar surface area (TPSA) is 86.8 Å². The molecule has 0 spiro atoms. The molecule has 0 bridgehead atoms. The van der Waals surface area contributed by atoms with Gasteiger partial charge in [-0.2, -0.15) is 0 Å². The van der Waals surface area contributed by atoms with Gasteiger partial charge in [0.15, 0.2) is 0 Å². The molecule has 34 heavy (non-hydrogen) atoms. The number of nitrogens with zero attached hydrogens (tertiary/aromatic N) is 2. The van der Waals surface area contributed by atoms with Crippen LogP contribution in [-0.4, -0.2) is 50.0 Å². The third-order valence-electron chi connectivity index (χ3n) is 5.43. The fourth-order valence-corrected chi connectivity index (χ4v) is 4.62. The van der Waals surface area contributed by atoms with Gasteiger partial charge in [0.25, 0.3) is 0 Å². The van der Waals surface area contributed by atoms with Crippen LogP contribution < -0.4 is 9.62 Å². The number of carbonyl (C=O) groups is 2. The van der Waals surface area contributed by atoms with Crippen LogP contribution in [0.15, 0.2) is 53.0 Å². The number of sulfonamides is 1. The smallest absolute Gasteiger partial charge is 0.244 e. The molecular formula is C24H31BrFN3O4S. The molecule has 2 rings (SSSR count). The quantitative estimate of drug-likeness (QED) is 0.452. The first-order valence-corrected chi connectivity index (χ1v) is 13.7. The van der Waals surface area contributed by atoms with Crippen molar-refractivity contribution in [2.45, 2.75) is 52.2 Å². The minimum absolute atomic E-state index is 0.0294. The van der Waals surface area contributed by atoms with Crippen molar-refractivity contribution < 1.29 is 22.4 Å². The third kappa shape index (κ3) is 7.80. The van der Waals surface area contributed by atoms with Crippen molar-refractivity contribution >= 4 is 43.5 Å². The molecule has 0 aliphatic heterocycles. The van der Waals surface area contributed by atoms with Gasteiger partial charge in [-0.25, -0.2) is 12.8 Å². The fraction of sp³-hybridized carbons (Fsp3) is 0.417. The molecule has 0 saturated carbocycles. The van der Waals surface area contributed by atoms with E-state index in [1.54, 1.807) is 31.2 Å². The second kappa shape index (κ2) is 12.3. The first-order valence-electron chi connectivity index (χ1n) is 11.0. The zero-order valence-electron chi connectivity index (χ0n) is 19.8. The van der Waals surface area contributed by atoms with E-state index in [0.29, 0.717) is 22.1 Å². The van der Waals surface area contributed by atoms with Gasteiger partial charge in [-0.05, 0) is 55.7 Å². The number of rotatable bonds is 11. The lowest BCUT2D eigenvalue weighted by Crippen LogP contribution is -2.53. The summed E-state index contributed by atoms with van der Waals surface area (Å²) in [6.45, 7) is 5.14. The van der Waals surface area contributed by atoms with Crippen molar-refractivity contribution in [3.63, 3.8) is 0 Å². The molecular weight excluding hydrogens is 525 g/mol. The first kappa shape index (κ1) is 27.8. The van der Waals surface area contributed by atoms with Crippen molar-refractivity contribution in [1.82, 2.24) is 10.2 Å². The largest absolute Gasteiger partial charge is 0.352 e. The van der Waals surface area contributed by atoms with Gasteiger partial charge >= 0.3 is 0 Å². The molecule has 0 aliphatic rings. The number of anilines is 1. The molecule has 2 aromatic carbocycles. The minimum atomic E-state index is -3.80. The first-order chi connectivity index (χ1) is 16.0. The Hall–Kier alpha value is -2.46. The van der Waals surface area contributed by atoms with Crippen LogP contribution in [0.5, 0.6) is 0 Å². The molecule has 7 nitrogen and oxygen atoms in total. The Morgan fingerprint density at radius 1 is 1.09 bits per heavy atom. The Kier molecular flexibility index (Phi) is 10.1. The molecule has 1 N–H and O–H groups in total. The molecule has 0 unspecified atom stereocenters. The summed E-state index contributed by atoms with van der Waals surface area (Å²) in [4.78, 5) is 27.9. The lowest BCUT2D eigenvalue weighted by molar-refractivity contribution is -0.140. The summed E-state index contributed by atoms with van der Waals surface area (Å²) in [5.41, 5.74) is 0.946. The number of carbonyl (C=O) groups excluding carboxylic acids is 2. The lowest BCUT2D eigenvalue weighted by Gasteiger charge is -2.33. The predicted molar refractivity (Wildman–Crippen MR) is 135 cm³/mol. The summed E-state index contributed by atoms with van der Waals surface area (Å²) in [6.07, 6.45) is 2.07. The van der Waals surface area contributed by atoms with Crippen molar-refractivity contribution in [2.75, 3.05) is 17.1 Å². The van der Waals surface area contributed by atoms with E-state index in [0.717, 1.165) is 17.0 Å². The number of amides is 2. The fourth-order valence-electron chi connectivity index (χ4n) is 3.39. The highest BCUT2D eigenvalue weighted by Crippen LogP contribution is 2.23. The van der Waals surface area contributed by atoms with Crippen LogP contribution in [0, 0.1) is 5.82 Å². The molecule has 2 aromatic rings. The van der Waals surface area contributed by atoms with Gasteiger partial charge in [-0.1, -0.05) is 48.0 Å². The zero-order chi connectivity index (χ0) is 25.5. The van der Waals surface area contributed by atoms with Crippen molar-refractivity contribution in [2.24, 2.45) is 0 Å². The van der Waals surface area contributed by atoms with Gasteiger partial charge in [0.05, 0.1) is 11.9 Å². The van der Waals surface area contributed by atoms with E-state index in [1.807, 2.05) is 13.8 Å². The monoisotopic (exact) mass is 555 g/mol. The van der Waals surface area contributed by atoms with Crippen LogP contribution in [0.1, 0.15) is 39.2 Å². The highest BCUT2D eigenvalue weighted by Gasteiger charge is 2.32. The maximum absolute atomic E-state index is 13.5. The van der Waals surface area contributed by atoms with Gasteiger partial charge in [0.2, 0.25) is 21.8 Å². The molecule has 186 valence electrons. The maximum atomic E-state index is 13.5. The van der Waals surface area contributed by atoms with Gasteiger partial charge in [-0.3, -0.25) is 13.9 Å². The van der Waals surface area contributed by atoms with Gasteiger partial charge < -0.3 is 10.2 Å². The minimum Gasteiger partial charge on any atom is -0.352 e. The van der Waals surface area contributed by atoms with Gasteiger partial charge in [0, 0.05) is 17.1 Å². The molecule has 2 amide bonds. The van der Waals surface area contributed by atoms with Crippen LogP contribution in [0.2, 0.25) is 0 Å². The molecule has 10 heteroatoms. The molecule has 0 heterocycles. The average Bonchev–Trinajstić information content (AvgIpc) is 2.77. The van der Waals surface area contributed by atoms with Crippen LogP contribution in [-0.2, 0) is 26.2 Å². The number of halogens is 2. The number of hydrogen-bond donors (Lipinski definition) is 1. The second-order valence-corrected chi connectivity index (χ2v) is 11.0. The summed E-state index contributed by atoms with van der Waals surface area (Å²) in [6, 6.07) is 11.3. The zero-order valence-corrected chi connectivity index (χ0v) is 22.2. The third-order valence-corrected chi connectivity index (χ3v) is 7.06. The SMILES string of the molecule is CC[C@@H](C)NC(=O)[C@@H](CC)N(Cc1ccc(F)cc1)C(=O)CN(c1cccc(Br)c1)S(C)(=O)=O. The van der Waals surface area contributed by atoms with Gasteiger partial charge in [-0.15, -0.1) is 0 Å². The van der Waals surface area contributed by atoms with E-state index in [4.69, 9.17) is 0 Å². The highest BCUT2D eigenvalue weighted by molar-refractivity contribution is 9.10. The van der Waals surface area contributed by atoms with E-state index in [1.165, 1.54) is 29.2 Å². The molecule has 2 atom stereocenters. The van der Waals surface area contributed by atoms with E-state index in [9.17, 15) is 22.4 Å². The van der Waals surface area contributed by atoms with Crippen molar-refractivity contribution in [3.05, 3.63) is 64.4 Å². The predicted octanol–water partition coefficient (Wildman–Crippen LogP) is 4.08. The van der Waals surface area contributed by atoms with Gasteiger partial charge in [0.1, 0.15) is 18.4 Å². The molecule has 0 aliphatic carbocycles. The van der Waals surface area contributed by atoms with E-state index < -0.39 is 34.3 Å². The molecule has 0 aromatic heterocycles. The summed E-state index contributed by atoms with van der Waals surface area (Å²) in [7, 11) is -3.80. The van der Waals surface area contributed by atoms with Crippen LogP contribution in [0.25, 0.3) is 0 Å². The van der Waals surface area contributed by atoms with Crippen molar-refractivity contribution in [1.29, 1.82) is 0 Å². The Morgan fingerprint density at radius 2 is 1.74 bits per heavy atom. The molecule has 0 fully saturated rings. The highest BCUT2D eigenvalue weighted by atomic mass is 79.9. The van der Waals surface area contributed by atoms with E-state index in [2.05, 4.69) is 21.2 Å². The Balaban J connectivity index is 2.43. The normalized spacial score (nSPS) is 13.1. The van der Waals surface area contributed by atoms with Crippen molar-refractivity contribution in [3.8, 4) is 0 Å². The van der Waals surface area contributed by atoms with Crippen LogP contribution in [0.3, 0.4) is 0 Å². The lowest BCUT2D eigenvalue weighted by atomic mass is 10.1.